The maximum absolute atomic E-state index is 9.79. The number of phenols is 1. The fourth-order valence-corrected chi connectivity index (χ4v) is 3.15. The van der Waals surface area contributed by atoms with Gasteiger partial charge in [-0.25, -0.2) is 0 Å². The molecule has 0 amide bonds. The van der Waals surface area contributed by atoms with E-state index in [1.165, 1.54) is 0 Å². The molecule has 1 nitrogen and oxygen atoms in total. The summed E-state index contributed by atoms with van der Waals surface area (Å²) >= 11 is 6.21. The molecule has 0 aliphatic heterocycles. The monoisotopic (exact) mass is 304 g/mol. The number of hydrogen-bond acceptors (Lipinski definition) is 1. The Labute approximate surface area is 133 Å². The molecule has 0 radical (unpaired) electrons. The predicted octanol–water partition coefficient (Wildman–Crippen LogP) is 6.02. The Balaban J connectivity index is 2.19. The van der Waals surface area contributed by atoms with Crippen molar-refractivity contribution < 1.29 is 5.11 Å². The summed E-state index contributed by atoms with van der Waals surface area (Å²) in [6.45, 7) is 0. The van der Waals surface area contributed by atoms with Gasteiger partial charge < -0.3 is 5.11 Å². The molecule has 0 saturated carbocycles. The quantitative estimate of drug-likeness (QED) is 0.426. The molecule has 0 atom stereocenters. The molecule has 0 aromatic heterocycles. The topological polar surface area (TPSA) is 20.2 Å². The van der Waals surface area contributed by atoms with E-state index in [9.17, 15) is 5.11 Å². The number of halogens is 1. The first-order chi connectivity index (χ1) is 10.7. The van der Waals surface area contributed by atoms with Crippen molar-refractivity contribution in [2.45, 2.75) is 0 Å². The minimum atomic E-state index is 0.278. The van der Waals surface area contributed by atoms with Crippen LogP contribution in [0.5, 0.6) is 5.75 Å². The number of rotatable bonds is 1. The van der Waals surface area contributed by atoms with Gasteiger partial charge in [-0.05, 0) is 63.0 Å². The minimum absolute atomic E-state index is 0.278. The number of benzene rings is 4. The van der Waals surface area contributed by atoms with Gasteiger partial charge in [-0.15, -0.1) is 0 Å². The maximum Gasteiger partial charge on any atom is 0.116 e. The molecule has 4 rings (SSSR count). The van der Waals surface area contributed by atoms with Gasteiger partial charge in [0.05, 0.1) is 0 Å². The standard InChI is InChI=1S/C20H13ClO/c21-15-6-8-18-17-9-7-16(22)10-14(17)11-19(20(18)12-15)13-4-2-1-3-5-13/h1-12,22H. The third-order valence-electron chi connectivity index (χ3n) is 3.98. The van der Waals surface area contributed by atoms with E-state index in [1.54, 1.807) is 12.1 Å². The Bertz CT molecular complexity index is 991. The van der Waals surface area contributed by atoms with Crippen LogP contribution < -0.4 is 0 Å². The van der Waals surface area contributed by atoms with Gasteiger partial charge in [0.1, 0.15) is 5.75 Å². The van der Waals surface area contributed by atoms with Gasteiger partial charge in [-0.2, -0.15) is 0 Å². The third kappa shape index (κ3) is 2.11. The summed E-state index contributed by atoms with van der Waals surface area (Å²) < 4.78 is 0. The fourth-order valence-electron chi connectivity index (χ4n) is 2.98. The minimum Gasteiger partial charge on any atom is -0.508 e. The van der Waals surface area contributed by atoms with Crippen molar-refractivity contribution >= 4 is 33.1 Å². The SMILES string of the molecule is Oc1ccc2c(c1)cc(-c1ccccc1)c1cc(Cl)ccc12. The zero-order valence-electron chi connectivity index (χ0n) is 11.8. The summed E-state index contributed by atoms with van der Waals surface area (Å²) in [5.74, 6) is 0.278. The van der Waals surface area contributed by atoms with Gasteiger partial charge >= 0.3 is 0 Å². The summed E-state index contributed by atoms with van der Waals surface area (Å²) in [7, 11) is 0. The smallest absolute Gasteiger partial charge is 0.116 e. The second-order valence-corrected chi connectivity index (χ2v) is 5.82. The van der Waals surface area contributed by atoms with E-state index in [-0.39, 0.29) is 5.75 Å². The van der Waals surface area contributed by atoms with E-state index in [1.807, 2.05) is 42.5 Å². The summed E-state index contributed by atoms with van der Waals surface area (Å²) in [5, 5.41) is 14.9. The Hall–Kier alpha value is -2.51. The molecule has 4 aromatic rings. The molecule has 4 aromatic carbocycles. The van der Waals surface area contributed by atoms with Crippen molar-refractivity contribution in [3.8, 4) is 16.9 Å². The molecule has 0 aliphatic carbocycles. The maximum atomic E-state index is 9.79. The second kappa shape index (κ2) is 5.04. The zero-order valence-corrected chi connectivity index (χ0v) is 12.5. The lowest BCUT2D eigenvalue weighted by molar-refractivity contribution is 0.476. The molecule has 2 heteroatoms. The highest BCUT2D eigenvalue weighted by molar-refractivity contribution is 6.32. The van der Waals surface area contributed by atoms with Crippen molar-refractivity contribution in [1.29, 1.82) is 0 Å². The molecule has 0 saturated heterocycles. The van der Waals surface area contributed by atoms with Gasteiger partial charge in [0.25, 0.3) is 0 Å². The summed E-state index contributed by atoms with van der Waals surface area (Å²) in [6.07, 6.45) is 0. The highest BCUT2D eigenvalue weighted by atomic mass is 35.5. The van der Waals surface area contributed by atoms with Crippen LogP contribution in [0.15, 0.2) is 72.8 Å². The van der Waals surface area contributed by atoms with Gasteiger partial charge in [-0.1, -0.05) is 54.1 Å². The van der Waals surface area contributed by atoms with Crippen LogP contribution in [0.2, 0.25) is 5.02 Å². The highest BCUT2D eigenvalue weighted by Gasteiger charge is 2.09. The molecule has 22 heavy (non-hydrogen) atoms. The summed E-state index contributed by atoms with van der Waals surface area (Å²) in [6, 6.07) is 23.8. The normalized spacial score (nSPS) is 11.1. The second-order valence-electron chi connectivity index (χ2n) is 5.39. The molecular formula is C20H13ClO. The van der Waals surface area contributed by atoms with Crippen LogP contribution in [0, 0.1) is 0 Å². The molecule has 1 N–H and O–H groups in total. The lowest BCUT2D eigenvalue weighted by Gasteiger charge is -2.11. The van der Waals surface area contributed by atoms with E-state index in [4.69, 9.17) is 11.6 Å². The molecular weight excluding hydrogens is 292 g/mol. The number of aromatic hydroxyl groups is 1. The molecule has 0 spiro atoms. The Morgan fingerprint density at radius 1 is 0.682 bits per heavy atom. The number of phenolic OH excluding ortho intramolecular Hbond substituents is 1. The zero-order chi connectivity index (χ0) is 15.1. The van der Waals surface area contributed by atoms with Crippen LogP contribution in [0.4, 0.5) is 0 Å². The molecule has 0 bridgehead atoms. The summed E-state index contributed by atoms with van der Waals surface area (Å²) in [5.41, 5.74) is 2.26. The van der Waals surface area contributed by atoms with Gasteiger partial charge in [0.2, 0.25) is 0 Å². The average Bonchev–Trinajstić information content (AvgIpc) is 2.54. The molecule has 0 heterocycles. The largest absolute Gasteiger partial charge is 0.508 e. The molecule has 106 valence electrons. The first-order valence-electron chi connectivity index (χ1n) is 7.13. The van der Waals surface area contributed by atoms with Gasteiger partial charge in [0, 0.05) is 5.02 Å². The lowest BCUT2D eigenvalue weighted by atomic mass is 9.93. The first-order valence-corrected chi connectivity index (χ1v) is 7.50. The molecule has 0 unspecified atom stereocenters. The van der Waals surface area contributed by atoms with Crippen LogP contribution in [0.3, 0.4) is 0 Å². The fraction of sp³-hybridized carbons (Fsp3) is 0. The third-order valence-corrected chi connectivity index (χ3v) is 4.22. The van der Waals surface area contributed by atoms with E-state index in [0.29, 0.717) is 0 Å². The van der Waals surface area contributed by atoms with Crippen molar-refractivity contribution in [2.24, 2.45) is 0 Å². The highest BCUT2D eigenvalue weighted by Crippen LogP contribution is 2.37. The van der Waals surface area contributed by atoms with E-state index in [2.05, 4.69) is 18.2 Å². The van der Waals surface area contributed by atoms with E-state index in [0.717, 1.165) is 37.7 Å². The van der Waals surface area contributed by atoms with Gasteiger partial charge in [0.15, 0.2) is 0 Å². The molecule has 0 fully saturated rings. The van der Waals surface area contributed by atoms with Crippen LogP contribution in [0.25, 0.3) is 32.7 Å². The van der Waals surface area contributed by atoms with Crippen LogP contribution in [-0.4, -0.2) is 5.11 Å². The van der Waals surface area contributed by atoms with Gasteiger partial charge in [-0.3, -0.25) is 0 Å². The van der Waals surface area contributed by atoms with Crippen LogP contribution in [0.1, 0.15) is 0 Å². The van der Waals surface area contributed by atoms with Crippen molar-refractivity contribution in [1.82, 2.24) is 0 Å². The Morgan fingerprint density at radius 3 is 2.27 bits per heavy atom. The van der Waals surface area contributed by atoms with Crippen LogP contribution in [-0.2, 0) is 0 Å². The van der Waals surface area contributed by atoms with E-state index < -0.39 is 0 Å². The molecule has 0 aliphatic rings. The Morgan fingerprint density at radius 2 is 1.45 bits per heavy atom. The number of fused-ring (bicyclic) bond motifs is 3. The number of hydrogen-bond donors (Lipinski definition) is 1. The van der Waals surface area contributed by atoms with Crippen molar-refractivity contribution in [3.63, 3.8) is 0 Å². The lowest BCUT2D eigenvalue weighted by Crippen LogP contribution is -1.85. The van der Waals surface area contributed by atoms with Crippen LogP contribution >= 0.6 is 11.6 Å². The first kappa shape index (κ1) is 13.2. The average molecular weight is 305 g/mol. The Kier molecular flexibility index (Phi) is 3.02. The predicted molar refractivity (Wildman–Crippen MR) is 93.6 cm³/mol. The summed E-state index contributed by atoms with van der Waals surface area (Å²) in [4.78, 5) is 0. The van der Waals surface area contributed by atoms with Crippen molar-refractivity contribution in [3.05, 3.63) is 77.8 Å². The van der Waals surface area contributed by atoms with E-state index >= 15 is 0 Å². The van der Waals surface area contributed by atoms with Crippen molar-refractivity contribution in [2.75, 3.05) is 0 Å².